The van der Waals surface area contributed by atoms with Gasteiger partial charge >= 0.3 is 5.30 Å². The number of hydrogen-bond donors (Lipinski definition) is 1. The highest BCUT2D eigenvalue weighted by molar-refractivity contribution is 8.14. The summed E-state index contributed by atoms with van der Waals surface area (Å²) in [5.74, 6) is 0. The fourth-order valence-electron chi connectivity index (χ4n) is 0.729. The van der Waals surface area contributed by atoms with E-state index in [4.69, 9.17) is 0 Å². The Bertz CT molecular complexity index is 136. The Kier molecular flexibility index (Phi) is 4.52. The molecule has 11 heavy (non-hydrogen) atoms. The molecule has 0 amide bonds. The predicted molar refractivity (Wildman–Crippen MR) is 48.0 cm³/mol. The van der Waals surface area contributed by atoms with Crippen LogP contribution in [0.25, 0.3) is 0 Å². The van der Waals surface area contributed by atoms with Crippen LogP contribution in [0, 0.1) is 0 Å². The number of rotatable bonds is 3. The molecule has 0 aliphatic rings. The number of carbonyl (C=O) groups excluding carboxylic acids is 1. The molecule has 0 aliphatic heterocycles. The summed E-state index contributed by atoms with van der Waals surface area (Å²) in [7, 11) is 3.25. The van der Waals surface area contributed by atoms with E-state index in [1.54, 1.807) is 0 Å². The Balaban J connectivity index is 3.80. The van der Waals surface area contributed by atoms with Gasteiger partial charge in [0.2, 0.25) is 0 Å². The Morgan fingerprint density at radius 3 is 2.55 bits per heavy atom. The molecule has 0 saturated carbocycles. The van der Waals surface area contributed by atoms with Gasteiger partial charge in [0.15, 0.2) is 0 Å². The molecule has 0 aromatic heterocycles. The highest BCUT2D eigenvalue weighted by Gasteiger charge is 2.22. The van der Waals surface area contributed by atoms with Crippen LogP contribution in [-0.4, -0.2) is 30.8 Å². The minimum absolute atomic E-state index is 0.0954. The van der Waals surface area contributed by atoms with Crippen molar-refractivity contribution in [2.45, 2.75) is 18.6 Å². The average molecular weight is 177 g/mol. The monoisotopic (exact) mass is 177 g/mol. The van der Waals surface area contributed by atoms with Crippen molar-refractivity contribution >= 4 is 17.1 Å². The summed E-state index contributed by atoms with van der Waals surface area (Å²) in [6.45, 7) is 4.77. The molecular weight excluding hydrogens is 162 g/mol. The number of carbonyl (C=O) groups is 1. The lowest BCUT2D eigenvalue weighted by molar-refractivity contribution is 0.200. The van der Waals surface area contributed by atoms with E-state index in [-0.39, 0.29) is 10.0 Å². The lowest BCUT2D eigenvalue weighted by atomic mass is 10.2. The third kappa shape index (κ3) is 5.09. The van der Waals surface area contributed by atoms with Crippen LogP contribution in [0.4, 0.5) is 4.79 Å². The van der Waals surface area contributed by atoms with Gasteiger partial charge in [0.1, 0.15) is 0 Å². The fourth-order valence-corrected chi connectivity index (χ4v) is 1.48. The van der Waals surface area contributed by atoms with Crippen LogP contribution in [-0.2, 0) is 4.74 Å². The predicted octanol–water partition coefficient (Wildman–Crippen LogP) is 1.48. The summed E-state index contributed by atoms with van der Waals surface area (Å²) in [4.78, 5) is 10.8. The standard InChI is InChI=1S/C7H15NO2S/c1-7(2,5-8-3)11-6(9)10-4/h8H,5H2,1-4H3. The first-order valence-electron chi connectivity index (χ1n) is 3.43. The topological polar surface area (TPSA) is 38.3 Å². The average Bonchev–Trinajstić information content (AvgIpc) is 1.86. The normalized spacial score (nSPS) is 11.3. The van der Waals surface area contributed by atoms with Gasteiger partial charge in [-0.3, -0.25) is 0 Å². The zero-order valence-electron chi connectivity index (χ0n) is 7.43. The molecule has 0 bridgehead atoms. The van der Waals surface area contributed by atoms with Crippen molar-refractivity contribution < 1.29 is 9.53 Å². The molecule has 0 heterocycles. The number of nitrogens with one attached hydrogen (secondary N) is 1. The molecule has 0 radical (unpaired) electrons. The summed E-state index contributed by atoms with van der Waals surface area (Å²) in [5.41, 5.74) is 0. The van der Waals surface area contributed by atoms with Crippen molar-refractivity contribution in [3.63, 3.8) is 0 Å². The number of ether oxygens (including phenoxy) is 1. The first-order valence-corrected chi connectivity index (χ1v) is 4.25. The molecular formula is C7H15NO2S. The molecule has 0 aliphatic carbocycles. The quantitative estimate of drug-likeness (QED) is 0.663. The minimum Gasteiger partial charge on any atom is -0.461 e. The second-order valence-corrected chi connectivity index (χ2v) is 4.49. The van der Waals surface area contributed by atoms with E-state index in [1.807, 2.05) is 20.9 Å². The van der Waals surface area contributed by atoms with Gasteiger partial charge in [0.25, 0.3) is 0 Å². The molecule has 0 fully saturated rings. The molecule has 0 atom stereocenters. The Morgan fingerprint density at radius 2 is 2.18 bits per heavy atom. The summed E-state index contributed by atoms with van der Waals surface area (Å²) >= 11 is 1.20. The molecule has 0 unspecified atom stereocenters. The maximum Gasteiger partial charge on any atom is 0.367 e. The van der Waals surface area contributed by atoms with Gasteiger partial charge in [-0.15, -0.1) is 0 Å². The fraction of sp³-hybridized carbons (Fsp3) is 0.857. The first kappa shape index (κ1) is 10.8. The third-order valence-corrected chi connectivity index (χ3v) is 2.16. The van der Waals surface area contributed by atoms with E-state index < -0.39 is 0 Å². The molecule has 4 heteroatoms. The maximum atomic E-state index is 10.8. The number of methoxy groups -OCH3 is 1. The molecule has 0 rings (SSSR count). The van der Waals surface area contributed by atoms with E-state index in [2.05, 4.69) is 10.1 Å². The molecule has 66 valence electrons. The van der Waals surface area contributed by atoms with Gasteiger partial charge in [-0.25, -0.2) is 4.79 Å². The molecule has 0 spiro atoms. The van der Waals surface area contributed by atoms with Crippen molar-refractivity contribution in [2.24, 2.45) is 0 Å². The first-order chi connectivity index (χ1) is 5.02. The van der Waals surface area contributed by atoms with Crippen LogP contribution < -0.4 is 5.32 Å². The summed E-state index contributed by atoms with van der Waals surface area (Å²) < 4.78 is 4.43. The number of hydrogen-bond acceptors (Lipinski definition) is 4. The zero-order valence-corrected chi connectivity index (χ0v) is 8.25. The molecule has 1 N–H and O–H groups in total. The minimum atomic E-state index is -0.231. The molecule has 0 saturated heterocycles. The van der Waals surface area contributed by atoms with Crippen LogP contribution >= 0.6 is 11.8 Å². The van der Waals surface area contributed by atoms with Gasteiger partial charge in [-0.1, -0.05) is 0 Å². The molecule has 0 aromatic carbocycles. The SMILES string of the molecule is CNCC(C)(C)SC(=O)OC. The van der Waals surface area contributed by atoms with Crippen LogP contribution in [0.1, 0.15) is 13.8 Å². The van der Waals surface area contributed by atoms with Crippen LogP contribution in [0.15, 0.2) is 0 Å². The van der Waals surface area contributed by atoms with Crippen LogP contribution in [0.2, 0.25) is 0 Å². The Morgan fingerprint density at radius 1 is 1.64 bits per heavy atom. The largest absolute Gasteiger partial charge is 0.461 e. The van der Waals surface area contributed by atoms with Gasteiger partial charge in [0, 0.05) is 11.3 Å². The lowest BCUT2D eigenvalue weighted by Gasteiger charge is -2.21. The van der Waals surface area contributed by atoms with Gasteiger partial charge in [-0.05, 0) is 32.7 Å². The van der Waals surface area contributed by atoms with Crippen molar-refractivity contribution in [3.05, 3.63) is 0 Å². The lowest BCUT2D eigenvalue weighted by Crippen LogP contribution is -2.31. The third-order valence-electron chi connectivity index (χ3n) is 1.13. The second kappa shape index (κ2) is 4.62. The second-order valence-electron chi connectivity index (χ2n) is 2.85. The van der Waals surface area contributed by atoms with E-state index in [1.165, 1.54) is 18.9 Å². The Hall–Kier alpha value is -0.220. The van der Waals surface area contributed by atoms with Crippen molar-refractivity contribution in [2.75, 3.05) is 20.7 Å². The van der Waals surface area contributed by atoms with E-state index in [0.717, 1.165) is 6.54 Å². The summed E-state index contributed by atoms with van der Waals surface area (Å²) in [6.07, 6.45) is 0. The highest BCUT2D eigenvalue weighted by atomic mass is 32.2. The Labute approximate surface area is 71.9 Å². The summed E-state index contributed by atoms with van der Waals surface area (Å²) in [5, 5.41) is 2.78. The van der Waals surface area contributed by atoms with Gasteiger partial charge in [0.05, 0.1) is 7.11 Å². The molecule has 0 aromatic rings. The van der Waals surface area contributed by atoms with E-state index in [0.29, 0.717) is 0 Å². The maximum absolute atomic E-state index is 10.8. The van der Waals surface area contributed by atoms with Crippen molar-refractivity contribution in [1.29, 1.82) is 0 Å². The summed E-state index contributed by atoms with van der Waals surface area (Å²) in [6, 6.07) is 0. The number of thioether (sulfide) groups is 1. The van der Waals surface area contributed by atoms with E-state index in [9.17, 15) is 4.79 Å². The van der Waals surface area contributed by atoms with E-state index >= 15 is 0 Å². The van der Waals surface area contributed by atoms with Gasteiger partial charge in [-0.2, -0.15) is 0 Å². The van der Waals surface area contributed by atoms with Crippen molar-refractivity contribution in [3.8, 4) is 0 Å². The smallest absolute Gasteiger partial charge is 0.367 e. The highest BCUT2D eigenvalue weighted by Crippen LogP contribution is 2.24. The van der Waals surface area contributed by atoms with Crippen molar-refractivity contribution in [1.82, 2.24) is 5.32 Å². The van der Waals surface area contributed by atoms with Crippen LogP contribution in [0.5, 0.6) is 0 Å². The van der Waals surface area contributed by atoms with Gasteiger partial charge < -0.3 is 10.1 Å². The molecule has 3 nitrogen and oxygen atoms in total. The van der Waals surface area contributed by atoms with Crippen LogP contribution in [0.3, 0.4) is 0 Å². The zero-order chi connectivity index (χ0) is 8.91.